The third kappa shape index (κ3) is 5.07. The molecule has 0 aliphatic carbocycles. The number of hydrogen-bond donors (Lipinski definition) is 1. The number of carbonyl (C=O) groups excluding carboxylic acids is 1. The Hall–Kier alpha value is -0.570. The Kier molecular flexibility index (Phi) is 5.96. The highest BCUT2D eigenvalue weighted by Gasteiger charge is 2.25. The molecule has 2 atom stereocenters. The van der Waals surface area contributed by atoms with E-state index in [0.717, 1.165) is 13.0 Å². The Labute approximate surface area is 106 Å². The average Bonchev–Trinajstić information content (AvgIpc) is 2.23. The fraction of sp³-hybridized carbons (Fsp3) is 0.929. The molecule has 0 bridgehead atoms. The monoisotopic (exact) mass is 240 g/mol. The van der Waals surface area contributed by atoms with Crippen molar-refractivity contribution in [3.05, 3.63) is 0 Å². The summed E-state index contributed by atoms with van der Waals surface area (Å²) in [6.07, 6.45) is 4.82. The number of piperidine rings is 1. The summed E-state index contributed by atoms with van der Waals surface area (Å²) in [5, 5.41) is 3.02. The molecule has 3 heteroatoms. The minimum Gasteiger partial charge on any atom is -0.355 e. The zero-order valence-electron chi connectivity index (χ0n) is 11.8. The van der Waals surface area contributed by atoms with Gasteiger partial charge in [0, 0.05) is 18.6 Å². The van der Waals surface area contributed by atoms with Crippen LogP contribution in [0.3, 0.4) is 0 Å². The van der Waals surface area contributed by atoms with E-state index in [1.54, 1.807) is 0 Å². The highest BCUT2D eigenvalue weighted by molar-refractivity contribution is 5.78. The second-order valence-electron chi connectivity index (χ2n) is 5.83. The molecule has 1 aliphatic heterocycles. The van der Waals surface area contributed by atoms with Crippen LogP contribution in [-0.2, 0) is 4.79 Å². The second-order valence-corrected chi connectivity index (χ2v) is 5.83. The molecule has 1 heterocycles. The Bertz CT molecular complexity index is 230. The van der Waals surface area contributed by atoms with Crippen molar-refractivity contribution < 1.29 is 4.79 Å². The van der Waals surface area contributed by atoms with Gasteiger partial charge in [-0.1, -0.05) is 20.3 Å². The second kappa shape index (κ2) is 7.00. The number of nitrogens with one attached hydrogen (secondary N) is 1. The topological polar surface area (TPSA) is 32.3 Å². The zero-order chi connectivity index (χ0) is 12.8. The van der Waals surface area contributed by atoms with E-state index in [4.69, 9.17) is 0 Å². The summed E-state index contributed by atoms with van der Waals surface area (Å²) < 4.78 is 0. The molecule has 0 aromatic carbocycles. The van der Waals surface area contributed by atoms with Crippen LogP contribution in [0.2, 0.25) is 0 Å². The smallest absolute Gasteiger partial charge is 0.234 e. The van der Waals surface area contributed by atoms with Gasteiger partial charge in [-0.15, -0.1) is 0 Å². The van der Waals surface area contributed by atoms with Gasteiger partial charge in [0.2, 0.25) is 5.91 Å². The number of hydrogen-bond acceptors (Lipinski definition) is 2. The molecular formula is C14H28N2O. The van der Waals surface area contributed by atoms with E-state index in [2.05, 4.69) is 37.9 Å². The number of nitrogens with zero attached hydrogens (tertiary/aromatic N) is 1. The van der Waals surface area contributed by atoms with Crippen LogP contribution in [0.5, 0.6) is 0 Å². The molecule has 1 fully saturated rings. The van der Waals surface area contributed by atoms with E-state index in [0.29, 0.717) is 24.5 Å². The molecule has 2 unspecified atom stereocenters. The number of rotatable bonds is 5. The van der Waals surface area contributed by atoms with E-state index in [-0.39, 0.29) is 5.91 Å². The molecule has 1 saturated heterocycles. The first-order valence-corrected chi connectivity index (χ1v) is 7.03. The van der Waals surface area contributed by atoms with Crippen LogP contribution >= 0.6 is 0 Å². The minimum absolute atomic E-state index is 0.186. The van der Waals surface area contributed by atoms with Crippen molar-refractivity contribution in [1.29, 1.82) is 0 Å². The summed E-state index contributed by atoms with van der Waals surface area (Å²) in [7, 11) is 0. The lowest BCUT2D eigenvalue weighted by Crippen LogP contribution is -2.48. The Morgan fingerprint density at radius 3 is 2.41 bits per heavy atom. The molecule has 0 aromatic rings. The van der Waals surface area contributed by atoms with Crippen molar-refractivity contribution in [1.82, 2.24) is 10.2 Å². The van der Waals surface area contributed by atoms with Crippen molar-refractivity contribution >= 4 is 5.91 Å². The predicted octanol–water partition coefficient (Wildman–Crippen LogP) is 2.41. The molecule has 0 aromatic heterocycles. The van der Waals surface area contributed by atoms with E-state index >= 15 is 0 Å². The van der Waals surface area contributed by atoms with Crippen molar-refractivity contribution in [3.63, 3.8) is 0 Å². The fourth-order valence-corrected chi connectivity index (χ4v) is 2.51. The summed E-state index contributed by atoms with van der Waals surface area (Å²) in [5.74, 6) is 0.842. The van der Waals surface area contributed by atoms with E-state index in [1.807, 2.05) is 0 Å². The zero-order valence-corrected chi connectivity index (χ0v) is 11.8. The van der Waals surface area contributed by atoms with Gasteiger partial charge in [0.05, 0.1) is 6.54 Å². The van der Waals surface area contributed by atoms with E-state index in [9.17, 15) is 4.79 Å². The van der Waals surface area contributed by atoms with Gasteiger partial charge in [0.25, 0.3) is 0 Å². The van der Waals surface area contributed by atoms with Gasteiger partial charge >= 0.3 is 0 Å². The third-order valence-corrected chi connectivity index (χ3v) is 3.75. The van der Waals surface area contributed by atoms with Gasteiger partial charge in [-0.2, -0.15) is 0 Å². The number of amides is 1. The molecule has 3 nitrogen and oxygen atoms in total. The molecule has 17 heavy (non-hydrogen) atoms. The highest BCUT2D eigenvalue weighted by atomic mass is 16.2. The first-order chi connectivity index (χ1) is 8.00. The molecule has 1 amide bonds. The maximum atomic E-state index is 11.8. The summed E-state index contributed by atoms with van der Waals surface area (Å²) in [5.41, 5.74) is 0. The maximum absolute atomic E-state index is 11.8. The molecule has 1 rings (SSSR count). The molecule has 0 saturated carbocycles. The SMILES string of the molecule is CC(C)CCNC(=O)CN1C(C)CCCC1C. The normalized spacial score (nSPS) is 26.2. The van der Waals surface area contributed by atoms with Crippen molar-refractivity contribution in [2.24, 2.45) is 5.92 Å². The standard InChI is InChI=1S/C14H28N2O/c1-11(2)8-9-15-14(17)10-16-12(3)6-5-7-13(16)4/h11-13H,5-10H2,1-4H3,(H,15,17). The third-order valence-electron chi connectivity index (χ3n) is 3.75. The number of carbonyl (C=O) groups is 1. The predicted molar refractivity (Wildman–Crippen MR) is 71.9 cm³/mol. The fourth-order valence-electron chi connectivity index (χ4n) is 2.51. The lowest BCUT2D eigenvalue weighted by atomic mass is 9.97. The average molecular weight is 240 g/mol. The Balaban J connectivity index is 2.28. The van der Waals surface area contributed by atoms with Crippen LogP contribution in [0.15, 0.2) is 0 Å². The van der Waals surface area contributed by atoms with Crippen LogP contribution in [0.1, 0.15) is 53.4 Å². The van der Waals surface area contributed by atoms with E-state index in [1.165, 1.54) is 19.3 Å². The number of likely N-dealkylation sites (tertiary alicyclic amines) is 1. The molecule has 1 aliphatic rings. The van der Waals surface area contributed by atoms with Crippen LogP contribution in [0.4, 0.5) is 0 Å². The first-order valence-electron chi connectivity index (χ1n) is 7.03. The Morgan fingerprint density at radius 2 is 1.88 bits per heavy atom. The van der Waals surface area contributed by atoms with Crippen molar-refractivity contribution in [2.45, 2.75) is 65.5 Å². The Morgan fingerprint density at radius 1 is 1.29 bits per heavy atom. The minimum atomic E-state index is 0.186. The van der Waals surface area contributed by atoms with Crippen LogP contribution < -0.4 is 5.32 Å². The largest absolute Gasteiger partial charge is 0.355 e. The van der Waals surface area contributed by atoms with Gasteiger partial charge in [-0.05, 0) is 39.0 Å². The van der Waals surface area contributed by atoms with Gasteiger partial charge in [0.15, 0.2) is 0 Å². The van der Waals surface area contributed by atoms with Crippen LogP contribution in [0, 0.1) is 5.92 Å². The lowest BCUT2D eigenvalue weighted by Gasteiger charge is -2.38. The summed E-state index contributed by atoms with van der Waals surface area (Å²) in [6.45, 7) is 10.2. The molecule has 100 valence electrons. The first kappa shape index (κ1) is 14.5. The van der Waals surface area contributed by atoms with Gasteiger partial charge in [-0.3, -0.25) is 9.69 Å². The van der Waals surface area contributed by atoms with E-state index < -0.39 is 0 Å². The van der Waals surface area contributed by atoms with Crippen LogP contribution in [0.25, 0.3) is 0 Å². The lowest BCUT2D eigenvalue weighted by molar-refractivity contribution is -0.123. The van der Waals surface area contributed by atoms with Gasteiger partial charge < -0.3 is 5.32 Å². The van der Waals surface area contributed by atoms with Gasteiger partial charge in [0.1, 0.15) is 0 Å². The van der Waals surface area contributed by atoms with Crippen molar-refractivity contribution in [2.75, 3.05) is 13.1 Å². The molecule has 0 radical (unpaired) electrons. The quantitative estimate of drug-likeness (QED) is 0.800. The summed E-state index contributed by atoms with van der Waals surface area (Å²) >= 11 is 0. The highest BCUT2D eigenvalue weighted by Crippen LogP contribution is 2.21. The summed E-state index contributed by atoms with van der Waals surface area (Å²) in [4.78, 5) is 14.2. The van der Waals surface area contributed by atoms with Crippen LogP contribution in [-0.4, -0.2) is 36.0 Å². The van der Waals surface area contributed by atoms with Gasteiger partial charge in [-0.25, -0.2) is 0 Å². The molecule has 0 spiro atoms. The maximum Gasteiger partial charge on any atom is 0.234 e. The summed E-state index contributed by atoms with van der Waals surface area (Å²) in [6, 6.07) is 1.10. The molecular weight excluding hydrogens is 212 g/mol. The molecule has 1 N–H and O–H groups in total. The van der Waals surface area contributed by atoms with Crippen molar-refractivity contribution in [3.8, 4) is 0 Å².